The van der Waals surface area contributed by atoms with Crippen molar-refractivity contribution < 1.29 is 18.6 Å². The minimum absolute atomic E-state index is 0.261. The lowest BCUT2D eigenvalue weighted by Gasteiger charge is -2.28. The summed E-state index contributed by atoms with van der Waals surface area (Å²) in [7, 11) is 0. The summed E-state index contributed by atoms with van der Waals surface area (Å²) < 4.78 is 30.1. The summed E-state index contributed by atoms with van der Waals surface area (Å²) in [5, 5.41) is 0. The van der Waals surface area contributed by atoms with Crippen LogP contribution in [0.25, 0.3) is 0 Å². The third-order valence-electron chi connectivity index (χ3n) is 5.16. The van der Waals surface area contributed by atoms with Crippen molar-refractivity contribution in [2.24, 2.45) is 4.99 Å². The first kappa shape index (κ1) is 21.8. The second kappa shape index (κ2) is 10.8. The van der Waals surface area contributed by atoms with E-state index in [1.807, 2.05) is 43.5 Å². The summed E-state index contributed by atoms with van der Waals surface area (Å²) in [6, 6.07) is 20.2. The molecule has 1 saturated heterocycles. The molecule has 1 aliphatic rings. The summed E-state index contributed by atoms with van der Waals surface area (Å²) in [6.45, 7) is 6.16. The second-order valence-corrected chi connectivity index (χ2v) is 7.43. The van der Waals surface area contributed by atoms with E-state index in [2.05, 4.69) is 22.0 Å². The standard InChI is InChI=1S/C26H27FN2O3/c1-2-31-26-17-21(5-12-25(26)32-19-20-3-6-22(27)7-4-20)18-28-23-8-10-24(11-9-23)29-13-15-30-16-14-29/h3-12,17-18H,2,13-16,19H2,1H3. The topological polar surface area (TPSA) is 43.3 Å². The van der Waals surface area contributed by atoms with Crippen LogP contribution in [0.2, 0.25) is 0 Å². The Morgan fingerprint density at radius 2 is 1.69 bits per heavy atom. The normalized spacial score (nSPS) is 14.0. The molecule has 0 aromatic heterocycles. The lowest BCUT2D eigenvalue weighted by atomic mass is 10.2. The SMILES string of the molecule is CCOc1cc(C=Nc2ccc(N3CCOCC3)cc2)ccc1OCc1ccc(F)cc1. The molecule has 0 unspecified atom stereocenters. The molecule has 0 atom stereocenters. The van der Waals surface area contributed by atoms with Crippen LogP contribution in [-0.2, 0) is 11.3 Å². The summed E-state index contributed by atoms with van der Waals surface area (Å²) in [4.78, 5) is 6.91. The van der Waals surface area contributed by atoms with Gasteiger partial charge in [0.25, 0.3) is 0 Å². The summed E-state index contributed by atoms with van der Waals surface area (Å²) in [6.07, 6.45) is 1.82. The molecule has 0 bridgehead atoms. The number of rotatable bonds is 8. The number of benzene rings is 3. The van der Waals surface area contributed by atoms with Gasteiger partial charge in [-0.3, -0.25) is 4.99 Å². The molecule has 3 aromatic rings. The molecule has 6 heteroatoms. The number of aliphatic imine (C=N–C) groups is 1. The molecule has 0 amide bonds. The zero-order chi connectivity index (χ0) is 22.2. The van der Waals surface area contributed by atoms with Gasteiger partial charge in [-0.2, -0.15) is 0 Å². The number of nitrogens with zero attached hydrogens (tertiary/aromatic N) is 2. The van der Waals surface area contributed by atoms with Gasteiger partial charge in [-0.05, 0) is 72.6 Å². The number of ether oxygens (including phenoxy) is 3. The maximum Gasteiger partial charge on any atom is 0.161 e. The van der Waals surface area contributed by atoms with E-state index in [1.54, 1.807) is 12.1 Å². The maximum absolute atomic E-state index is 13.1. The van der Waals surface area contributed by atoms with Gasteiger partial charge in [0, 0.05) is 25.0 Å². The molecule has 166 valence electrons. The van der Waals surface area contributed by atoms with Gasteiger partial charge < -0.3 is 19.1 Å². The molecule has 1 fully saturated rings. The van der Waals surface area contributed by atoms with E-state index in [0.717, 1.165) is 43.1 Å². The Balaban J connectivity index is 1.42. The molecule has 1 heterocycles. The van der Waals surface area contributed by atoms with Crippen LogP contribution < -0.4 is 14.4 Å². The second-order valence-electron chi connectivity index (χ2n) is 7.43. The minimum Gasteiger partial charge on any atom is -0.490 e. The van der Waals surface area contributed by atoms with Crippen LogP contribution in [0.15, 0.2) is 71.7 Å². The van der Waals surface area contributed by atoms with Gasteiger partial charge in [0.15, 0.2) is 11.5 Å². The Morgan fingerprint density at radius 3 is 2.41 bits per heavy atom. The Labute approximate surface area is 188 Å². The molecule has 0 saturated carbocycles. The zero-order valence-electron chi connectivity index (χ0n) is 18.2. The van der Waals surface area contributed by atoms with Gasteiger partial charge in [0.2, 0.25) is 0 Å². The van der Waals surface area contributed by atoms with Crippen LogP contribution in [0.4, 0.5) is 15.8 Å². The average Bonchev–Trinajstić information content (AvgIpc) is 2.84. The van der Waals surface area contributed by atoms with Gasteiger partial charge in [-0.25, -0.2) is 4.39 Å². The van der Waals surface area contributed by atoms with Crippen molar-refractivity contribution in [1.82, 2.24) is 0 Å². The van der Waals surface area contributed by atoms with Crippen LogP contribution >= 0.6 is 0 Å². The van der Waals surface area contributed by atoms with Crippen LogP contribution in [0, 0.1) is 5.82 Å². The fourth-order valence-electron chi connectivity index (χ4n) is 3.45. The zero-order valence-corrected chi connectivity index (χ0v) is 18.2. The molecule has 1 aliphatic heterocycles. The van der Waals surface area contributed by atoms with Gasteiger partial charge in [-0.1, -0.05) is 12.1 Å². The number of halogens is 1. The van der Waals surface area contributed by atoms with Crippen LogP contribution in [0.5, 0.6) is 11.5 Å². The lowest BCUT2D eigenvalue weighted by Crippen LogP contribution is -2.36. The monoisotopic (exact) mass is 434 g/mol. The van der Waals surface area contributed by atoms with E-state index in [-0.39, 0.29) is 5.82 Å². The molecule has 0 N–H and O–H groups in total. The maximum atomic E-state index is 13.1. The van der Waals surface area contributed by atoms with Gasteiger partial charge in [0.1, 0.15) is 12.4 Å². The van der Waals surface area contributed by atoms with Crippen LogP contribution in [0.3, 0.4) is 0 Å². The van der Waals surface area contributed by atoms with Crippen molar-refractivity contribution in [2.45, 2.75) is 13.5 Å². The molecular formula is C26H27FN2O3. The third kappa shape index (κ3) is 5.86. The van der Waals surface area contributed by atoms with E-state index < -0.39 is 0 Å². The highest BCUT2D eigenvalue weighted by molar-refractivity contribution is 5.83. The molecule has 0 spiro atoms. The van der Waals surface area contributed by atoms with Gasteiger partial charge >= 0.3 is 0 Å². The molecule has 3 aromatic carbocycles. The fraction of sp³-hybridized carbons (Fsp3) is 0.269. The fourth-order valence-corrected chi connectivity index (χ4v) is 3.45. The van der Waals surface area contributed by atoms with Crippen molar-refractivity contribution in [2.75, 3.05) is 37.8 Å². The third-order valence-corrected chi connectivity index (χ3v) is 5.16. The van der Waals surface area contributed by atoms with Crippen LogP contribution in [0.1, 0.15) is 18.1 Å². The van der Waals surface area contributed by atoms with Gasteiger partial charge in [0.05, 0.1) is 25.5 Å². The minimum atomic E-state index is -0.261. The number of anilines is 1. The number of morpholine rings is 1. The van der Waals surface area contributed by atoms with E-state index in [4.69, 9.17) is 14.2 Å². The predicted octanol–water partition coefficient (Wildman–Crippen LogP) is 5.39. The summed E-state index contributed by atoms with van der Waals surface area (Å²) in [5.41, 5.74) is 3.88. The Bertz CT molecular complexity index is 1030. The summed E-state index contributed by atoms with van der Waals surface area (Å²) >= 11 is 0. The number of hydrogen-bond acceptors (Lipinski definition) is 5. The van der Waals surface area contributed by atoms with Crippen LogP contribution in [-0.4, -0.2) is 39.1 Å². The first-order valence-electron chi connectivity index (χ1n) is 10.8. The molecule has 5 nitrogen and oxygen atoms in total. The average molecular weight is 435 g/mol. The summed E-state index contributed by atoms with van der Waals surface area (Å²) in [5.74, 6) is 1.03. The van der Waals surface area contributed by atoms with E-state index in [1.165, 1.54) is 17.8 Å². The Morgan fingerprint density at radius 1 is 0.938 bits per heavy atom. The molecule has 32 heavy (non-hydrogen) atoms. The van der Waals surface area contributed by atoms with Crippen molar-refractivity contribution >= 4 is 17.6 Å². The van der Waals surface area contributed by atoms with Crippen molar-refractivity contribution in [3.8, 4) is 11.5 Å². The van der Waals surface area contributed by atoms with Gasteiger partial charge in [-0.15, -0.1) is 0 Å². The first-order chi connectivity index (χ1) is 15.7. The van der Waals surface area contributed by atoms with Crippen molar-refractivity contribution in [1.29, 1.82) is 0 Å². The largest absolute Gasteiger partial charge is 0.490 e. The van der Waals surface area contributed by atoms with Crippen molar-refractivity contribution in [3.63, 3.8) is 0 Å². The quantitative estimate of drug-likeness (QED) is 0.446. The first-order valence-corrected chi connectivity index (χ1v) is 10.8. The molecule has 0 radical (unpaired) electrons. The highest BCUT2D eigenvalue weighted by atomic mass is 19.1. The van der Waals surface area contributed by atoms with E-state index in [9.17, 15) is 4.39 Å². The predicted molar refractivity (Wildman–Crippen MR) is 125 cm³/mol. The van der Waals surface area contributed by atoms with E-state index in [0.29, 0.717) is 24.7 Å². The van der Waals surface area contributed by atoms with Crippen molar-refractivity contribution in [3.05, 3.63) is 83.7 Å². The molecule has 4 rings (SSSR count). The molecular weight excluding hydrogens is 407 g/mol. The van der Waals surface area contributed by atoms with E-state index >= 15 is 0 Å². The Kier molecular flexibility index (Phi) is 7.35. The highest BCUT2D eigenvalue weighted by Crippen LogP contribution is 2.29. The lowest BCUT2D eigenvalue weighted by molar-refractivity contribution is 0.122. The smallest absolute Gasteiger partial charge is 0.161 e. The number of hydrogen-bond donors (Lipinski definition) is 0. The highest BCUT2D eigenvalue weighted by Gasteiger charge is 2.11. The molecule has 0 aliphatic carbocycles. The Hall–Kier alpha value is -3.38.